The number of carbonyl (C=O) groups is 2. The van der Waals surface area contributed by atoms with Gasteiger partial charge in [-0.25, -0.2) is 18.4 Å². The Morgan fingerprint density at radius 2 is 1.76 bits per heavy atom. The second-order valence-electron chi connectivity index (χ2n) is 7.50. The third-order valence-electron chi connectivity index (χ3n) is 5.01. The summed E-state index contributed by atoms with van der Waals surface area (Å²) < 4.78 is 28.0. The molecule has 0 atom stereocenters. The average molecular weight is 464 g/mol. The first-order chi connectivity index (χ1) is 15.8. The predicted molar refractivity (Wildman–Crippen MR) is 121 cm³/mol. The van der Waals surface area contributed by atoms with Crippen LogP contribution in [0.2, 0.25) is 0 Å². The summed E-state index contributed by atoms with van der Waals surface area (Å²) in [6, 6.07) is 12.3. The first kappa shape index (κ1) is 22.2. The van der Waals surface area contributed by atoms with Crippen LogP contribution in [0.25, 0.3) is 5.78 Å². The van der Waals surface area contributed by atoms with E-state index in [9.17, 15) is 18.0 Å². The zero-order chi connectivity index (χ0) is 23.6. The quantitative estimate of drug-likeness (QED) is 0.469. The number of carbonyl (C=O) groups excluding carboxylic acids is 2. The fourth-order valence-corrected chi connectivity index (χ4v) is 4.70. The van der Waals surface area contributed by atoms with Gasteiger partial charge in [-0.05, 0) is 29.8 Å². The number of fused-ring (bicyclic) bond motifs is 1. The molecule has 2 heterocycles. The number of amides is 2. The van der Waals surface area contributed by atoms with Gasteiger partial charge in [0.25, 0.3) is 11.8 Å². The molecule has 0 aliphatic carbocycles. The molecular weight excluding hydrogens is 442 g/mol. The second kappa shape index (κ2) is 8.83. The Kier molecular flexibility index (Phi) is 5.93. The molecule has 0 fully saturated rings. The van der Waals surface area contributed by atoms with E-state index >= 15 is 0 Å². The van der Waals surface area contributed by atoms with Crippen molar-refractivity contribution in [3.05, 3.63) is 90.0 Å². The lowest BCUT2D eigenvalue weighted by Gasteiger charge is -2.14. The summed E-state index contributed by atoms with van der Waals surface area (Å²) in [6.07, 6.45) is 6.36. The molecule has 33 heavy (non-hydrogen) atoms. The van der Waals surface area contributed by atoms with E-state index in [2.05, 4.69) is 15.3 Å². The summed E-state index contributed by atoms with van der Waals surface area (Å²) in [5, 5.41) is 2.79. The van der Waals surface area contributed by atoms with Crippen LogP contribution in [-0.4, -0.2) is 53.6 Å². The highest BCUT2D eigenvalue weighted by Gasteiger charge is 2.25. The average Bonchev–Trinajstić information content (AvgIpc) is 3.30. The maximum Gasteiger partial charge on any atom is 0.254 e. The van der Waals surface area contributed by atoms with Crippen molar-refractivity contribution in [2.24, 2.45) is 0 Å². The largest absolute Gasteiger partial charge is 0.348 e. The number of benzene rings is 2. The topological polar surface area (TPSA) is 114 Å². The Morgan fingerprint density at radius 3 is 2.48 bits per heavy atom. The van der Waals surface area contributed by atoms with Gasteiger partial charge in [0.05, 0.1) is 20.9 Å². The van der Waals surface area contributed by atoms with Gasteiger partial charge in [0.1, 0.15) is 0 Å². The summed E-state index contributed by atoms with van der Waals surface area (Å²) in [4.78, 5) is 34.4. The molecule has 0 aliphatic heterocycles. The number of imidazole rings is 1. The molecule has 4 aromatic rings. The third kappa shape index (κ3) is 4.46. The van der Waals surface area contributed by atoms with Crippen LogP contribution in [0.1, 0.15) is 26.3 Å². The molecule has 0 unspecified atom stereocenters. The minimum Gasteiger partial charge on any atom is -0.348 e. The molecule has 0 spiro atoms. The second-order valence-corrected chi connectivity index (χ2v) is 9.42. The van der Waals surface area contributed by atoms with Crippen molar-refractivity contribution in [3.8, 4) is 0 Å². The van der Waals surface area contributed by atoms with E-state index in [0.717, 1.165) is 5.56 Å². The van der Waals surface area contributed by atoms with Crippen LogP contribution in [-0.2, 0) is 16.4 Å². The third-order valence-corrected chi connectivity index (χ3v) is 6.84. The van der Waals surface area contributed by atoms with Gasteiger partial charge in [0.15, 0.2) is 0 Å². The first-order valence-electron chi connectivity index (χ1n) is 9.99. The molecule has 0 saturated carbocycles. The monoisotopic (exact) mass is 463 g/mol. The van der Waals surface area contributed by atoms with E-state index in [1.165, 1.54) is 35.4 Å². The molecule has 168 valence electrons. The molecule has 0 radical (unpaired) electrons. The molecule has 9 nitrogen and oxygen atoms in total. The van der Waals surface area contributed by atoms with Crippen molar-refractivity contribution in [2.45, 2.75) is 16.3 Å². The molecule has 10 heteroatoms. The molecule has 0 saturated heterocycles. The van der Waals surface area contributed by atoms with Crippen molar-refractivity contribution in [1.82, 2.24) is 24.6 Å². The van der Waals surface area contributed by atoms with Gasteiger partial charge < -0.3 is 10.2 Å². The Hall–Kier alpha value is -4.05. The summed E-state index contributed by atoms with van der Waals surface area (Å²) >= 11 is 0. The molecule has 0 aliphatic rings. The lowest BCUT2D eigenvalue weighted by Crippen LogP contribution is -2.24. The van der Waals surface area contributed by atoms with Gasteiger partial charge in [-0.2, -0.15) is 0 Å². The van der Waals surface area contributed by atoms with Gasteiger partial charge in [-0.15, -0.1) is 0 Å². The summed E-state index contributed by atoms with van der Waals surface area (Å²) in [7, 11) is -0.771. The zero-order valence-electron chi connectivity index (χ0n) is 18.0. The van der Waals surface area contributed by atoms with Crippen LogP contribution in [0, 0.1) is 0 Å². The Bertz CT molecular complexity index is 1440. The number of aromatic nitrogens is 3. The fourth-order valence-electron chi connectivity index (χ4n) is 3.25. The van der Waals surface area contributed by atoms with Gasteiger partial charge >= 0.3 is 0 Å². The molecule has 2 amide bonds. The van der Waals surface area contributed by atoms with Crippen molar-refractivity contribution < 1.29 is 18.0 Å². The molecule has 1 N–H and O–H groups in total. The van der Waals surface area contributed by atoms with Gasteiger partial charge in [-0.3, -0.25) is 14.0 Å². The van der Waals surface area contributed by atoms with Crippen LogP contribution in [0.4, 0.5) is 0 Å². The SMILES string of the molecule is CN(C)C(=O)c1ccccc1S(=O)(=O)c1ccc(CNC(=O)c2cnc3nccn3c2)cc1. The van der Waals surface area contributed by atoms with Crippen LogP contribution < -0.4 is 5.32 Å². The maximum absolute atomic E-state index is 13.2. The summed E-state index contributed by atoms with van der Waals surface area (Å²) in [5.41, 5.74) is 1.21. The van der Waals surface area contributed by atoms with E-state index in [0.29, 0.717) is 11.3 Å². The van der Waals surface area contributed by atoms with E-state index in [-0.39, 0.29) is 27.8 Å². The van der Waals surface area contributed by atoms with Crippen LogP contribution in [0.3, 0.4) is 0 Å². The molecule has 2 aromatic carbocycles. The van der Waals surface area contributed by atoms with Crippen LogP contribution >= 0.6 is 0 Å². The van der Waals surface area contributed by atoms with Crippen molar-refractivity contribution >= 4 is 27.4 Å². The van der Waals surface area contributed by atoms with Gasteiger partial charge in [0, 0.05) is 45.4 Å². The number of hydrogen-bond acceptors (Lipinski definition) is 6. The van der Waals surface area contributed by atoms with Crippen LogP contribution in [0.15, 0.2) is 83.1 Å². The fraction of sp³-hybridized carbons (Fsp3) is 0.130. The van der Waals surface area contributed by atoms with E-state index in [1.807, 2.05) is 0 Å². The van der Waals surface area contributed by atoms with Crippen molar-refractivity contribution in [2.75, 3.05) is 14.1 Å². The molecule has 0 bridgehead atoms. The summed E-state index contributed by atoms with van der Waals surface area (Å²) in [6.45, 7) is 0.205. The lowest BCUT2D eigenvalue weighted by molar-refractivity contribution is 0.0823. The highest BCUT2D eigenvalue weighted by Crippen LogP contribution is 2.25. The normalized spacial score (nSPS) is 11.3. The highest BCUT2D eigenvalue weighted by molar-refractivity contribution is 7.91. The van der Waals surface area contributed by atoms with E-state index in [1.54, 1.807) is 61.4 Å². The first-order valence-corrected chi connectivity index (χ1v) is 11.5. The lowest BCUT2D eigenvalue weighted by atomic mass is 10.2. The molecule has 4 rings (SSSR count). The van der Waals surface area contributed by atoms with Gasteiger partial charge in [-0.1, -0.05) is 24.3 Å². The molecular formula is C23H21N5O4S. The zero-order valence-corrected chi connectivity index (χ0v) is 18.8. The summed E-state index contributed by atoms with van der Waals surface area (Å²) in [5.74, 6) is -0.208. The number of nitrogens with zero attached hydrogens (tertiary/aromatic N) is 4. The van der Waals surface area contributed by atoms with Crippen LogP contribution in [0.5, 0.6) is 0 Å². The Labute approximate surface area is 190 Å². The van der Waals surface area contributed by atoms with E-state index < -0.39 is 15.7 Å². The predicted octanol–water partition coefficient (Wildman–Crippen LogP) is 2.19. The Morgan fingerprint density at radius 1 is 1.03 bits per heavy atom. The van der Waals surface area contributed by atoms with Crippen molar-refractivity contribution in [1.29, 1.82) is 0 Å². The number of rotatable bonds is 6. The maximum atomic E-state index is 13.2. The van der Waals surface area contributed by atoms with E-state index in [4.69, 9.17) is 0 Å². The smallest absolute Gasteiger partial charge is 0.254 e. The molecule has 2 aromatic heterocycles. The highest BCUT2D eigenvalue weighted by atomic mass is 32.2. The van der Waals surface area contributed by atoms with Crippen molar-refractivity contribution in [3.63, 3.8) is 0 Å². The Balaban J connectivity index is 1.50. The van der Waals surface area contributed by atoms with Gasteiger partial charge in [0.2, 0.25) is 15.6 Å². The standard InChI is InChI=1S/C23H21N5O4S/c1-27(2)22(30)19-5-3-4-6-20(19)33(31,32)18-9-7-16(8-10-18)13-25-21(29)17-14-26-23-24-11-12-28(23)15-17/h3-12,14-15H,13H2,1-2H3,(H,25,29). The minimum atomic E-state index is -3.91. The number of sulfone groups is 1. The minimum absolute atomic E-state index is 0.0489. The number of nitrogens with one attached hydrogen (secondary N) is 1. The number of hydrogen-bond donors (Lipinski definition) is 1.